The van der Waals surface area contributed by atoms with Gasteiger partial charge in [-0.3, -0.25) is 4.79 Å². The number of Topliss-reactive ketones (excluding diaryl/α,β-unsaturated/α-hetero) is 1. The minimum absolute atomic E-state index is 0.0432. The van der Waals surface area contributed by atoms with Crippen molar-refractivity contribution in [1.29, 1.82) is 0 Å². The van der Waals surface area contributed by atoms with E-state index in [9.17, 15) is 4.79 Å². The molecule has 21 heavy (non-hydrogen) atoms. The summed E-state index contributed by atoms with van der Waals surface area (Å²) in [4.78, 5) is 11.9. The molecule has 0 amide bonds. The second-order valence-electron chi connectivity index (χ2n) is 5.34. The molecule has 1 atom stereocenters. The van der Waals surface area contributed by atoms with E-state index in [1.54, 1.807) is 6.92 Å². The molecule has 0 aromatic heterocycles. The lowest BCUT2D eigenvalue weighted by Gasteiger charge is -2.17. The van der Waals surface area contributed by atoms with Crippen LogP contribution >= 0.6 is 15.9 Å². The molecule has 2 aromatic carbocycles. The van der Waals surface area contributed by atoms with Crippen molar-refractivity contribution in [2.24, 2.45) is 5.92 Å². The molecule has 0 spiro atoms. The van der Waals surface area contributed by atoms with Crippen molar-refractivity contribution >= 4 is 32.5 Å². The summed E-state index contributed by atoms with van der Waals surface area (Å²) in [7, 11) is 0. The van der Waals surface area contributed by atoms with Gasteiger partial charge in [-0.2, -0.15) is 0 Å². The highest BCUT2D eigenvalue weighted by atomic mass is 79.9. The van der Waals surface area contributed by atoms with Crippen molar-refractivity contribution in [3.8, 4) is 5.75 Å². The summed E-state index contributed by atoms with van der Waals surface area (Å²) in [6.45, 7) is 4.40. The van der Waals surface area contributed by atoms with E-state index in [1.165, 1.54) is 0 Å². The molecule has 0 aliphatic carbocycles. The van der Waals surface area contributed by atoms with E-state index in [4.69, 9.17) is 4.74 Å². The second-order valence-corrected chi connectivity index (χ2v) is 5.99. The number of halogens is 1. The molecule has 1 unspecified atom stereocenters. The summed E-state index contributed by atoms with van der Waals surface area (Å²) in [6, 6.07) is 11.9. The van der Waals surface area contributed by atoms with Gasteiger partial charge in [-0.15, -0.1) is 0 Å². The van der Waals surface area contributed by atoms with Gasteiger partial charge in [-0.1, -0.05) is 59.6 Å². The normalized spacial score (nSPS) is 12.3. The van der Waals surface area contributed by atoms with Crippen LogP contribution in [-0.4, -0.2) is 17.7 Å². The van der Waals surface area contributed by atoms with Gasteiger partial charge in [0.05, 0.1) is 12.2 Å². The van der Waals surface area contributed by atoms with E-state index in [1.807, 2.05) is 36.4 Å². The summed E-state index contributed by atoms with van der Waals surface area (Å²) in [5, 5.41) is 3.03. The molecule has 0 heterocycles. The molecule has 3 heteroatoms. The third-order valence-corrected chi connectivity index (χ3v) is 4.55. The van der Waals surface area contributed by atoms with Crippen LogP contribution in [-0.2, 0) is 0 Å². The molecule has 0 fully saturated rings. The number of carbonyl (C=O) groups is 1. The van der Waals surface area contributed by atoms with E-state index in [-0.39, 0.29) is 5.78 Å². The van der Waals surface area contributed by atoms with Crippen LogP contribution in [0.25, 0.3) is 10.8 Å². The highest BCUT2D eigenvalue weighted by Crippen LogP contribution is 2.31. The number of fused-ring (bicyclic) bond motifs is 1. The first kappa shape index (κ1) is 16.0. The van der Waals surface area contributed by atoms with Crippen molar-refractivity contribution in [2.45, 2.75) is 26.7 Å². The largest absolute Gasteiger partial charge is 0.492 e. The molecule has 2 nitrogen and oxygen atoms in total. The third kappa shape index (κ3) is 3.85. The van der Waals surface area contributed by atoms with E-state index in [0.29, 0.717) is 18.1 Å². The number of hydrogen-bond donors (Lipinski definition) is 0. The van der Waals surface area contributed by atoms with Crippen LogP contribution in [0.2, 0.25) is 0 Å². The van der Waals surface area contributed by atoms with Crippen LogP contribution < -0.4 is 4.74 Å². The molecule has 0 aliphatic rings. The van der Waals surface area contributed by atoms with E-state index >= 15 is 0 Å². The minimum atomic E-state index is 0.0432. The molecular weight excluding hydrogens is 328 g/mol. The van der Waals surface area contributed by atoms with Crippen LogP contribution in [0.3, 0.4) is 0 Å². The predicted octanol–water partition coefficient (Wildman–Crippen LogP) is 5.23. The average molecular weight is 349 g/mol. The fourth-order valence-electron chi connectivity index (χ4n) is 2.49. The molecule has 0 aliphatic heterocycles. The Morgan fingerprint density at radius 2 is 2.00 bits per heavy atom. The quantitative estimate of drug-likeness (QED) is 0.505. The lowest BCUT2D eigenvalue weighted by molar-refractivity contribution is 0.101. The molecule has 0 radical (unpaired) electrons. The number of rotatable bonds is 7. The Labute approximate surface area is 134 Å². The van der Waals surface area contributed by atoms with E-state index < -0.39 is 0 Å². The summed E-state index contributed by atoms with van der Waals surface area (Å²) >= 11 is 3.54. The zero-order valence-corrected chi connectivity index (χ0v) is 14.2. The summed E-state index contributed by atoms with van der Waals surface area (Å²) < 4.78 is 6.07. The molecular formula is C18H21BrO2. The first-order valence-corrected chi connectivity index (χ1v) is 8.51. The molecule has 0 N–H and O–H groups in total. The van der Waals surface area contributed by atoms with Crippen molar-refractivity contribution in [3.63, 3.8) is 0 Å². The van der Waals surface area contributed by atoms with Crippen molar-refractivity contribution in [2.75, 3.05) is 11.9 Å². The maximum absolute atomic E-state index is 11.9. The zero-order chi connectivity index (χ0) is 15.2. The lowest BCUT2D eigenvalue weighted by Crippen LogP contribution is -2.14. The number of ketones is 1. The number of alkyl halides is 1. The van der Waals surface area contributed by atoms with Gasteiger partial charge in [0.25, 0.3) is 0 Å². The standard InChI is InChI=1S/C18H21BrO2/c1-3-6-14(11-19)12-21-18-16(13(2)20)10-9-15-7-4-5-8-17(15)18/h4-5,7-10,14H,3,6,11-12H2,1-2H3. The number of hydrogen-bond acceptors (Lipinski definition) is 2. The van der Waals surface area contributed by atoms with Gasteiger partial charge in [0.15, 0.2) is 5.78 Å². The number of carbonyl (C=O) groups excluding carboxylic acids is 1. The summed E-state index contributed by atoms with van der Waals surface area (Å²) in [5.41, 5.74) is 0.665. The molecule has 0 bridgehead atoms. The highest BCUT2D eigenvalue weighted by molar-refractivity contribution is 9.09. The Balaban J connectivity index is 2.35. The Morgan fingerprint density at radius 1 is 1.24 bits per heavy atom. The first-order chi connectivity index (χ1) is 10.2. The van der Waals surface area contributed by atoms with E-state index in [2.05, 4.69) is 22.9 Å². The second kappa shape index (κ2) is 7.60. The topological polar surface area (TPSA) is 26.3 Å². The average Bonchev–Trinajstić information content (AvgIpc) is 2.50. The summed E-state index contributed by atoms with van der Waals surface area (Å²) in [5.74, 6) is 1.23. The number of benzene rings is 2. The highest BCUT2D eigenvalue weighted by Gasteiger charge is 2.14. The van der Waals surface area contributed by atoms with Gasteiger partial charge < -0.3 is 4.74 Å². The van der Waals surface area contributed by atoms with Crippen molar-refractivity contribution in [3.05, 3.63) is 42.0 Å². The Morgan fingerprint density at radius 3 is 2.67 bits per heavy atom. The molecule has 0 saturated heterocycles. The maximum Gasteiger partial charge on any atom is 0.163 e. The monoisotopic (exact) mass is 348 g/mol. The summed E-state index contributed by atoms with van der Waals surface area (Å²) in [6.07, 6.45) is 2.25. The van der Waals surface area contributed by atoms with Gasteiger partial charge >= 0.3 is 0 Å². The first-order valence-electron chi connectivity index (χ1n) is 7.38. The SMILES string of the molecule is CCCC(CBr)COc1c(C(C)=O)ccc2ccccc12. The fourth-order valence-corrected chi connectivity index (χ4v) is 3.00. The Hall–Kier alpha value is -1.35. The van der Waals surface area contributed by atoms with Gasteiger partial charge in [-0.25, -0.2) is 0 Å². The van der Waals surface area contributed by atoms with Gasteiger partial charge in [-0.05, 0) is 24.8 Å². The lowest BCUT2D eigenvalue weighted by atomic mass is 10.0. The third-order valence-electron chi connectivity index (χ3n) is 3.64. The van der Waals surface area contributed by atoms with E-state index in [0.717, 1.165) is 34.7 Å². The minimum Gasteiger partial charge on any atom is -0.492 e. The van der Waals surface area contributed by atoms with Crippen molar-refractivity contribution < 1.29 is 9.53 Å². The Bertz CT molecular complexity index is 622. The predicted molar refractivity (Wildman–Crippen MR) is 91.6 cm³/mol. The van der Waals surface area contributed by atoms with Gasteiger partial charge in [0.1, 0.15) is 5.75 Å². The smallest absolute Gasteiger partial charge is 0.163 e. The fraction of sp³-hybridized carbons (Fsp3) is 0.389. The molecule has 112 valence electrons. The molecule has 2 aromatic rings. The maximum atomic E-state index is 11.9. The van der Waals surface area contributed by atoms with Crippen LogP contribution in [0, 0.1) is 5.92 Å². The van der Waals surface area contributed by atoms with Crippen LogP contribution in [0.4, 0.5) is 0 Å². The van der Waals surface area contributed by atoms with Crippen LogP contribution in [0.15, 0.2) is 36.4 Å². The van der Waals surface area contributed by atoms with Crippen LogP contribution in [0.1, 0.15) is 37.0 Å². The van der Waals surface area contributed by atoms with Gasteiger partial charge in [0.2, 0.25) is 0 Å². The molecule has 0 saturated carbocycles. The zero-order valence-electron chi connectivity index (χ0n) is 12.6. The van der Waals surface area contributed by atoms with Crippen molar-refractivity contribution in [1.82, 2.24) is 0 Å². The molecule has 2 rings (SSSR count). The van der Waals surface area contributed by atoms with Crippen LogP contribution in [0.5, 0.6) is 5.75 Å². The Kier molecular flexibility index (Phi) is 5.80. The van der Waals surface area contributed by atoms with Gasteiger partial charge in [0, 0.05) is 16.6 Å². The number of ether oxygens (including phenoxy) is 1.